The van der Waals surface area contributed by atoms with E-state index in [4.69, 9.17) is 16.3 Å². The second-order valence-corrected chi connectivity index (χ2v) is 10.2. The predicted molar refractivity (Wildman–Crippen MR) is 141 cm³/mol. The molecule has 2 aromatic heterocycles. The van der Waals surface area contributed by atoms with E-state index in [0.29, 0.717) is 65.8 Å². The molecule has 4 heterocycles. The molecule has 0 unspecified atom stereocenters. The fraction of sp³-hybridized carbons (Fsp3) is 0.480. The van der Waals surface area contributed by atoms with Gasteiger partial charge in [-0.25, -0.2) is 4.98 Å². The summed E-state index contributed by atoms with van der Waals surface area (Å²) >= 11 is 6.88. The minimum atomic E-state index is -0.562. The van der Waals surface area contributed by atoms with E-state index in [9.17, 15) is 15.6 Å². The molecule has 0 spiro atoms. The maximum absolute atomic E-state index is 11.0. The van der Waals surface area contributed by atoms with Crippen LogP contribution in [-0.4, -0.2) is 87.2 Å². The average Bonchev–Trinajstić information content (AvgIpc) is 3.66. The van der Waals surface area contributed by atoms with Crippen molar-refractivity contribution >= 4 is 40.4 Å². The predicted octanol–water partition coefficient (Wildman–Crippen LogP) is 2.11. The Morgan fingerprint density at radius 2 is 1.92 bits per heavy atom. The Morgan fingerprint density at radius 1 is 1.11 bits per heavy atom. The van der Waals surface area contributed by atoms with Crippen LogP contribution in [0.5, 0.6) is 0 Å². The quantitative estimate of drug-likeness (QED) is 0.426. The summed E-state index contributed by atoms with van der Waals surface area (Å²) in [6.07, 6.45) is 3.74. The summed E-state index contributed by atoms with van der Waals surface area (Å²) in [6, 6.07) is 8.05. The third-order valence-electron chi connectivity index (χ3n) is 7.23. The number of aromatic nitrogens is 4. The molecule has 12 nitrogen and oxygen atoms in total. The highest BCUT2D eigenvalue weighted by Gasteiger charge is 2.34. The van der Waals surface area contributed by atoms with Gasteiger partial charge in [0.05, 0.1) is 53.5 Å². The summed E-state index contributed by atoms with van der Waals surface area (Å²) in [5.41, 5.74) is 2.27. The van der Waals surface area contributed by atoms with Gasteiger partial charge in [0.15, 0.2) is 17.2 Å². The van der Waals surface area contributed by atoms with Crippen LogP contribution in [-0.2, 0) is 4.74 Å². The first-order chi connectivity index (χ1) is 18.5. The molecule has 38 heavy (non-hydrogen) atoms. The Hall–Kier alpha value is -3.68. The molecular formula is C25H27ClN10O2. The van der Waals surface area contributed by atoms with Crippen LogP contribution < -0.4 is 15.5 Å². The van der Waals surface area contributed by atoms with Crippen molar-refractivity contribution in [3.05, 3.63) is 34.6 Å². The van der Waals surface area contributed by atoms with Crippen LogP contribution in [0.1, 0.15) is 30.5 Å². The Labute approximate surface area is 224 Å². The molecule has 2 saturated heterocycles. The second kappa shape index (κ2) is 10.2. The zero-order chi connectivity index (χ0) is 26.2. The van der Waals surface area contributed by atoms with Gasteiger partial charge >= 0.3 is 0 Å². The van der Waals surface area contributed by atoms with Crippen molar-refractivity contribution in [1.82, 2.24) is 24.5 Å². The van der Waals surface area contributed by atoms with Gasteiger partial charge in [-0.1, -0.05) is 11.6 Å². The number of nitrogens with zero attached hydrogens (tertiary/aromatic N) is 8. The Bertz CT molecular complexity index is 1440. The number of ether oxygens (including phenoxy) is 1. The highest BCUT2D eigenvalue weighted by atomic mass is 35.5. The number of benzene rings is 1. The number of aliphatic hydroxyl groups is 1. The maximum Gasteiger partial charge on any atom is 0.247 e. The molecule has 2 atom stereocenters. The topological polar surface area (TPSA) is 151 Å². The van der Waals surface area contributed by atoms with E-state index < -0.39 is 6.10 Å². The van der Waals surface area contributed by atoms with Crippen molar-refractivity contribution < 1.29 is 9.84 Å². The molecule has 0 bridgehead atoms. The number of anilines is 4. The van der Waals surface area contributed by atoms with Crippen molar-refractivity contribution in [1.29, 1.82) is 10.5 Å². The number of nitriles is 2. The zero-order valence-electron chi connectivity index (χ0n) is 20.6. The van der Waals surface area contributed by atoms with Crippen molar-refractivity contribution in [3.63, 3.8) is 0 Å². The smallest absolute Gasteiger partial charge is 0.247 e. The standard InChI is InChI=1S/C25H27ClN10O2/c26-22-18(31-25-32-23(30-16-1-2-16)24-29-13-17(12-28)36(24)33-25)9-15(11-27)10-20(22)35-4-3-19(21(37)14-35)34-5-7-38-8-6-34/h9-10,13,16,19,21,37H,1-8,14H2,(H2,30,31,32,33)/t19-,21-/m1/s1. The van der Waals surface area contributed by atoms with E-state index in [1.165, 1.54) is 10.7 Å². The van der Waals surface area contributed by atoms with Gasteiger partial charge < -0.3 is 25.4 Å². The largest absolute Gasteiger partial charge is 0.390 e. The van der Waals surface area contributed by atoms with Crippen LogP contribution in [0.15, 0.2) is 18.3 Å². The lowest BCUT2D eigenvalue weighted by Gasteiger charge is -2.44. The van der Waals surface area contributed by atoms with Gasteiger partial charge in [0.25, 0.3) is 0 Å². The minimum Gasteiger partial charge on any atom is -0.390 e. The summed E-state index contributed by atoms with van der Waals surface area (Å²) in [4.78, 5) is 13.2. The number of nitrogens with one attached hydrogen (secondary N) is 2. The molecule has 196 valence electrons. The number of aliphatic hydroxyl groups excluding tert-OH is 1. The lowest BCUT2D eigenvalue weighted by atomic mass is 9.98. The van der Waals surface area contributed by atoms with Crippen molar-refractivity contribution in [2.75, 3.05) is 54.9 Å². The number of hydrogen-bond donors (Lipinski definition) is 3. The second-order valence-electron chi connectivity index (χ2n) is 9.80. The number of fused-ring (bicyclic) bond motifs is 1. The third-order valence-corrected chi connectivity index (χ3v) is 7.62. The molecule has 1 aromatic carbocycles. The van der Waals surface area contributed by atoms with Crippen LogP contribution in [0, 0.1) is 22.7 Å². The molecule has 3 aromatic rings. The Kier molecular flexibility index (Phi) is 6.64. The monoisotopic (exact) mass is 534 g/mol. The molecule has 3 fully saturated rings. The van der Waals surface area contributed by atoms with Crippen molar-refractivity contribution in [2.45, 2.75) is 37.5 Å². The first kappa shape index (κ1) is 24.6. The number of morpholine rings is 1. The normalized spacial score (nSPS) is 22.2. The van der Waals surface area contributed by atoms with Crippen molar-refractivity contribution in [2.24, 2.45) is 0 Å². The summed E-state index contributed by atoms with van der Waals surface area (Å²) in [7, 11) is 0. The lowest BCUT2D eigenvalue weighted by molar-refractivity contribution is -0.0273. The average molecular weight is 535 g/mol. The van der Waals surface area contributed by atoms with E-state index in [2.05, 4.69) is 42.7 Å². The molecular weight excluding hydrogens is 508 g/mol. The lowest BCUT2D eigenvalue weighted by Crippen LogP contribution is -2.56. The summed E-state index contributed by atoms with van der Waals surface area (Å²) < 4.78 is 6.90. The summed E-state index contributed by atoms with van der Waals surface area (Å²) in [6.45, 7) is 4.07. The Morgan fingerprint density at radius 3 is 2.63 bits per heavy atom. The summed E-state index contributed by atoms with van der Waals surface area (Å²) in [5.74, 6) is 0.733. The van der Waals surface area contributed by atoms with Gasteiger partial charge in [-0.2, -0.15) is 20.0 Å². The minimum absolute atomic E-state index is 0.0627. The van der Waals surface area contributed by atoms with Crippen LogP contribution >= 0.6 is 11.6 Å². The number of rotatable bonds is 6. The Balaban J connectivity index is 1.29. The molecule has 3 aliphatic rings. The molecule has 0 amide bonds. The number of β-amino-alcohol motifs (C(OH)–C–C–N with tert-alkyl or cyclic N) is 1. The fourth-order valence-electron chi connectivity index (χ4n) is 5.12. The first-order valence-corrected chi connectivity index (χ1v) is 13.1. The van der Waals surface area contributed by atoms with Crippen LogP contribution in [0.2, 0.25) is 5.02 Å². The van der Waals surface area contributed by atoms with Gasteiger partial charge in [0, 0.05) is 38.3 Å². The first-order valence-electron chi connectivity index (χ1n) is 12.7. The molecule has 13 heteroatoms. The number of piperidine rings is 1. The molecule has 1 aliphatic carbocycles. The van der Waals surface area contributed by atoms with E-state index in [1.807, 2.05) is 4.90 Å². The van der Waals surface area contributed by atoms with Gasteiger partial charge in [0.1, 0.15) is 6.07 Å². The van der Waals surface area contributed by atoms with Gasteiger partial charge in [-0.3, -0.25) is 4.90 Å². The van der Waals surface area contributed by atoms with Crippen LogP contribution in [0.3, 0.4) is 0 Å². The number of halogens is 1. The highest BCUT2D eigenvalue weighted by molar-refractivity contribution is 6.36. The van der Waals surface area contributed by atoms with Gasteiger partial charge in [0.2, 0.25) is 5.95 Å². The maximum atomic E-state index is 11.0. The van der Waals surface area contributed by atoms with Gasteiger partial charge in [-0.05, 0) is 31.4 Å². The molecule has 6 rings (SSSR count). The van der Waals surface area contributed by atoms with Crippen LogP contribution in [0.4, 0.5) is 23.1 Å². The zero-order valence-corrected chi connectivity index (χ0v) is 21.4. The third kappa shape index (κ3) is 4.79. The molecule has 0 radical (unpaired) electrons. The van der Waals surface area contributed by atoms with Crippen molar-refractivity contribution in [3.8, 4) is 12.1 Å². The van der Waals surface area contributed by atoms with E-state index in [-0.39, 0.29) is 17.7 Å². The van der Waals surface area contributed by atoms with E-state index >= 15 is 0 Å². The fourth-order valence-corrected chi connectivity index (χ4v) is 5.39. The molecule has 1 saturated carbocycles. The molecule has 2 aliphatic heterocycles. The van der Waals surface area contributed by atoms with Crippen LogP contribution in [0.25, 0.3) is 5.65 Å². The molecule has 3 N–H and O–H groups in total. The number of imidazole rings is 1. The van der Waals surface area contributed by atoms with Gasteiger partial charge in [-0.15, -0.1) is 5.10 Å². The number of hydrogen-bond acceptors (Lipinski definition) is 11. The van der Waals surface area contributed by atoms with E-state index in [1.54, 1.807) is 12.1 Å². The highest BCUT2D eigenvalue weighted by Crippen LogP contribution is 2.38. The summed E-state index contributed by atoms with van der Waals surface area (Å²) in [5, 5.41) is 41.6. The van der Waals surface area contributed by atoms with E-state index in [0.717, 1.165) is 32.4 Å². The SMILES string of the molecule is N#Cc1cc(Nc2nc(NC3CC3)c3ncc(C#N)n3n2)c(Cl)c(N2CC[C@@H](N3CCOCC3)[C@H](O)C2)c1.